The van der Waals surface area contributed by atoms with E-state index in [0.29, 0.717) is 17.1 Å². The number of nitrogens with two attached hydrogens (primary N) is 1. The van der Waals surface area contributed by atoms with E-state index in [1.54, 1.807) is 30.3 Å². The van der Waals surface area contributed by atoms with Crippen molar-refractivity contribution in [2.45, 2.75) is 0 Å². The molecule has 0 aliphatic heterocycles. The highest BCUT2D eigenvalue weighted by Gasteiger charge is 2.13. The molecule has 0 saturated heterocycles. The van der Waals surface area contributed by atoms with Crippen LogP contribution in [0.3, 0.4) is 0 Å². The molecule has 104 valence electrons. The van der Waals surface area contributed by atoms with Gasteiger partial charge < -0.3 is 15.6 Å². The molecule has 0 bridgehead atoms. The Morgan fingerprint density at radius 2 is 1.86 bits per heavy atom. The predicted octanol–water partition coefficient (Wildman–Crippen LogP) is 3.18. The highest BCUT2D eigenvalue weighted by Crippen LogP contribution is 2.20. The van der Waals surface area contributed by atoms with Crippen LogP contribution in [-0.4, -0.2) is 11.1 Å². The molecule has 0 aliphatic carbocycles. The van der Waals surface area contributed by atoms with E-state index >= 15 is 0 Å². The van der Waals surface area contributed by atoms with Gasteiger partial charge in [0.2, 0.25) is 0 Å². The van der Waals surface area contributed by atoms with Crippen LogP contribution in [-0.2, 0) is 0 Å². The van der Waals surface area contributed by atoms with E-state index in [0.717, 1.165) is 5.56 Å². The first-order chi connectivity index (χ1) is 10.2. The van der Waals surface area contributed by atoms with Crippen LogP contribution in [0.25, 0.3) is 11.3 Å². The van der Waals surface area contributed by atoms with Crippen LogP contribution in [0.15, 0.2) is 65.2 Å². The van der Waals surface area contributed by atoms with E-state index in [2.05, 4.69) is 10.5 Å². The number of carbonyl (C=O) groups excluding carboxylic acids is 1. The van der Waals surface area contributed by atoms with Gasteiger partial charge in [0.25, 0.3) is 5.91 Å². The molecule has 0 atom stereocenters. The van der Waals surface area contributed by atoms with Crippen LogP contribution in [0, 0.1) is 0 Å². The Hall–Kier alpha value is -3.08. The molecule has 0 radical (unpaired) electrons. The fourth-order valence-corrected chi connectivity index (χ4v) is 1.93. The number of hydrogen-bond acceptors (Lipinski definition) is 4. The molecule has 0 spiro atoms. The van der Waals surface area contributed by atoms with Gasteiger partial charge in [-0.3, -0.25) is 4.79 Å². The third-order valence-electron chi connectivity index (χ3n) is 2.95. The maximum absolute atomic E-state index is 12.1. The summed E-state index contributed by atoms with van der Waals surface area (Å²) in [6.07, 6.45) is 0. The maximum Gasteiger partial charge on any atom is 0.277 e. The normalized spacial score (nSPS) is 10.3. The van der Waals surface area contributed by atoms with Gasteiger partial charge in [0.15, 0.2) is 11.5 Å². The number of anilines is 2. The van der Waals surface area contributed by atoms with Crippen molar-refractivity contribution in [3.8, 4) is 11.3 Å². The largest absolute Gasteiger partial charge is 0.399 e. The zero-order valence-corrected chi connectivity index (χ0v) is 11.1. The van der Waals surface area contributed by atoms with Crippen LogP contribution in [0.1, 0.15) is 10.5 Å². The molecule has 5 heteroatoms. The summed E-state index contributed by atoms with van der Waals surface area (Å²) >= 11 is 0. The number of aromatic nitrogens is 1. The Balaban J connectivity index is 1.78. The predicted molar refractivity (Wildman–Crippen MR) is 80.7 cm³/mol. The summed E-state index contributed by atoms with van der Waals surface area (Å²) in [5.41, 5.74) is 7.95. The van der Waals surface area contributed by atoms with Gasteiger partial charge in [-0.25, -0.2) is 0 Å². The summed E-state index contributed by atoms with van der Waals surface area (Å²) in [4.78, 5) is 12.1. The van der Waals surface area contributed by atoms with Gasteiger partial charge in [-0.05, 0) is 18.2 Å². The van der Waals surface area contributed by atoms with E-state index in [-0.39, 0.29) is 11.6 Å². The smallest absolute Gasteiger partial charge is 0.277 e. The minimum atomic E-state index is -0.341. The summed E-state index contributed by atoms with van der Waals surface area (Å²) in [6, 6.07) is 18.0. The number of amides is 1. The van der Waals surface area contributed by atoms with Crippen LogP contribution in [0.2, 0.25) is 0 Å². The highest BCUT2D eigenvalue weighted by molar-refractivity contribution is 6.03. The molecule has 0 aliphatic rings. The summed E-state index contributed by atoms with van der Waals surface area (Å²) in [6.45, 7) is 0. The SMILES string of the molecule is Nc1cccc(NC(=O)c2cc(-c3ccccc3)on2)c1. The number of nitrogens with zero attached hydrogens (tertiary/aromatic N) is 1. The summed E-state index contributed by atoms with van der Waals surface area (Å²) in [7, 11) is 0. The second-order valence-electron chi connectivity index (χ2n) is 4.52. The molecular formula is C16H13N3O2. The van der Waals surface area contributed by atoms with Gasteiger partial charge in [-0.1, -0.05) is 41.6 Å². The number of nitrogen functional groups attached to an aromatic ring is 1. The molecule has 3 aromatic rings. The average molecular weight is 279 g/mol. The van der Waals surface area contributed by atoms with Crippen LogP contribution >= 0.6 is 0 Å². The lowest BCUT2D eigenvalue weighted by Crippen LogP contribution is -2.12. The van der Waals surface area contributed by atoms with Crippen molar-refractivity contribution in [2.75, 3.05) is 11.1 Å². The number of rotatable bonds is 3. The summed E-state index contributed by atoms with van der Waals surface area (Å²) in [5, 5.41) is 6.52. The molecule has 5 nitrogen and oxygen atoms in total. The van der Waals surface area contributed by atoms with E-state index in [1.165, 1.54) is 0 Å². The minimum absolute atomic E-state index is 0.219. The van der Waals surface area contributed by atoms with Gasteiger partial charge in [0.1, 0.15) is 0 Å². The zero-order chi connectivity index (χ0) is 14.7. The lowest BCUT2D eigenvalue weighted by atomic mass is 10.1. The van der Waals surface area contributed by atoms with Crippen LogP contribution in [0.5, 0.6) is 0 Å². The molecular weight excluding hydrogens is 266 g/mol. The number of nitrogens with one attached hydrogen (secondary N) is 1. The lowest BCUT2D eigenvalue weighted by Gasteiger charge is -2.02. The molecule has 3 N–H and O–H groups in total. The fourth-order valence-electron chi connectivity index (χ4n) is 1.93. The highest BCUT2D eigenvalue weighted by atomic mass is 16.5. The lowest BCUT2D eigenvalue weighted by molar-refractivity contribution is 0.101. The van der Waals surface area contributed by atoms with Crippen molar-refractivity contribution in [2.24, 2.45) is 0 Å². The van der Waals surface area contributed by atoms with Crippen LogP contribution < -0.4 is 11.1 Å². The molecule has 0 unspecified atom stereocenters. The third-order valence-corrected chi connectivity index (χ3v) is 2.95. The molecule has 3 rings (SSSR count). The van der Waals surface area contributed by atoms with Crippen molar-refractivity contribution in [3.63, 3.8) is 0 Å². The van der Waals surface area contributed by atoms with Crippen molar-refractivity contribution in [3.05, 3.63) is 66.4 Å². The number of carbonyl (C=O) groups is 1. The Morgan fingerprint density at radius 3 is 2.62 bits per heavy atom. The van der Waals surface area contributed by atoms with Gasteiger partial charge in [-0.2, -0.15) is 0 Å². The fraction of sp³-hybridized carbons (Fsp3) is 0. The Bertz CT molecular complexity index is 766. The summed E-state index contributed by atoms with van der Waals surface area (Å²) < 4.78 is 5.20. The molecule has 1 heterocycles. The first kappa shape index (κ1) is 12.9. The second kappa shape index (κ2) is 5.50. The second-order valence-corrected chi connectivity index (χ2v) is 4.52. The molecule has 1 amide bonds. The van der Waals surface area contributed by atoms with Gasteiger partial charge in [0, 0.05) is 23.0 Å². The van der Waals surface area contributed by atoms with E-state index < -0.39 is 0 Å². The van der Waals surface area contributed by atoms with Gasteiger partial charge >= 0.3 is 0 Å². The van der Waals surface area contributed by atoms with Crippen molar-refractivity contribution < 1.29 is 9.32 Å². The Labute approximate surface area is 121 Å². The maximum atomic E-state index is 12.1. The molecule has 1 aromatic heterocycles. The number of hydrogen-bond donors (Lipinski definition) is 2. The summed E-state index contributed by atoms with van der Waals surface area (Å²) in [5.74, 6) is 0.208. The average Bonchev–Trinajstić information content (AvgIpc) is 2.98. The topological polar surface area (TPSA) is 81.1 Å². The van der Waals surface area contributed by atoms with Crippen molar-refractivity contribution in [1.29, 1.82) is 0 Å². The first-order valence-corrected chi connectivity index (χ1v) is 6.41. The zero-order valence-electron chi connectivity index (χ0n) is 11.1. The molecule has 21 heavy (non-hydrogen) atoms. The van der Waals surface area contributed by atoms with E-state index in [1.807, 2.05) is 30.3 Å². The quantitative estimate of drug-likeness (QED) is 0.721. The van der Waals surface area contributed by atoms with Gasteiger partial charge in [-0.15, -0.1) is 0 Å². The Morgan fingerprint density at radius 1 is 1.05 bits per heavy atom. The Kier molecular flexibility index (Phi) is 3.39. The van der Waals surface area contributed by atoms with E-state index in [9.17, 15) is 4.79 Å². The molecule has 0 saturated carbocycles. The molecule has 2 aromatic carbocycles. The van der Waals surface area contributed by atoms with Gasteiger partial charge in [0.05, 0.1) is 0 Å². The minimum Gasteiger partial charge on any atom is -0.399 e. The van der Waals surface area contributed by atoms with Crippen molar-refractivity contribution in [1.82, 2.24) is 5.16 Å². The molecule has 0 fully saturated rings. The number of benzene rings is 2. The third kappa shape index (κ3) is 2.92. The van der Waals surface area contributed by atoms with Crippen LogP contribution in [0.4, 0.5) is 11.4 Å². The standard InChI is InChI=1S/C16H13N3O2/c17-12-7-4-8-13(9-12)18-16(20)14-10-15(21-19-14)11-5-2-1-3-6-11/h1-10H,17H2,(H,18,20). The van der Waals surface area contributed by atoms with Crippen molar-refractivity contribution >= 4 is 17.3 Å². The van der Waals surface area contributed by atoms with E-state index in [4.69, 9.17) is 10.3 Å². The first-order valence-electron chi connectivity index (χ1n) is 6.41. The monoisotopic (exact) mass is 279 g/mol.